The molecule has 4 aliphatic heterocycles. The maximum atomic E-state index is 14.7. The fraction of sp³-hybridized carbons (Fsp3) is 0.527. The number of carbonyl (C=O) groups is 8. The first-order chi connectivity index (χ1) is 34.5. The van der Waals surface area contributed by atoms with E-state index in [2.05, 4.69) is 38.7 Å². The fourth-order valence-corrected chi connectivity index (χ4v) is 10.5. The highest BCUT2D eigenvalue weighted by atomic mass is 16.5. The molecule has 0 bridgehead atoms. The third-order valence-corrected chi connectivity index (χ3v) is 15.0. The number of amides is 8. The van der Waals surface area contributed by atoms with Gasteiger partial charge in [-0.1, -0.05) is 76.8 Å². The summed E-state index contributed by atoms with van der Waals surface area (Å²) < 4.78 is 6.23. The van der Waals surface area contributed by atoms with E-state index in [4.69, 9.17) is 4.74 Å². The number of likely N-dealkylation sites (N-methyl/N-ethyl adjacent to an activating group) is 1. The van der Waals surface area contributed by atoms with Crippen molar-refractivity contribution in [2.75, 3.05) is 38.2 Å². The molecule has 384 valence electrons. The van der Waals surface area contributed by atoms with E-state index in [0.29, 0.717) is 38.4 Å². The van der Waals surface area contributed by atoms with E-state index >= 15 is 0 Å². The summed E-state index contributed by atoms with van der Waals surface area (Å²) in [4.78, 5) is 110. The summed E-state index contributed by atoms with van der Waals surface area (Å²) in [6.45, 7) is 9.80. The maximum Gasteiger partial charge on any atom is 0.262 e. The number of carbonyl (C=O) groups excluding carboxylic acids is 8. The SMILES string of the molecule is CNC(C)C(=O)NC(C(=O)N1Cc2cc(OCCCCCCCCNC(=O)C3CN(c4ccc5c(c4)C(=O)N(C4CCC(=O)NC4=O)C5=O)C3)ccc2CC1C(=O)NC1CCCc2ccccc21)C(C)(C)C. The van der Waals surface area contributed by atoms with Crippen LogP contribution in [0.2, 0.25) is 0 Å². The number of unbranched alkanes of at least 4 members (excludes halogenated alkanes) is 5. The molecule has 5 atom stereocenters. The third kappa shape index (κ3) is 11.5. The van der Waals surface area contributed by atoms with Gasteiger partial charge in [0.15, 0.2) is 0 Å². The predicted molar refractivity (Wildman–Crippen MR) is 270 cm³/mol. The van der Waals surface area contributed by atoms with Gasteiger partial charge in [-0.15, -0.1) is 0 Å². The second kappa shape index (κ2) is 22.4. The van der Waals surface area contributed by atoms with Crippen LogP contribution in [-0.2, 0) is 48.2 Å². The Morgan fingerprint density at radius 2 is 1.54 bits per heavy atom. The molecule has 0 spiro atoms. The van der Waals surface area contributed by atoms with Crippen molar-refractivity contribution < 1.29 is 43.1 Å². The topological polar surface area (TPSA) is 216 Å². The Hall–Kier alpha value is -6.62. The van der Waals surface area contributed by atoms with Crippen LogP contribution >= 0.6 is 0 Å². The molecule has 3 aromatic carbocycles. The molecular weight excluding hydrogens is 917 g/mol. The van der Waals surface area contributed by atoms with E-state index in [-0.39, 0.29) is 66.1 Å². The number of anilines is 1. The summed E-state index contributed by atoms with van der Waals surface area (Å²) in [6.07, 6.45) is 9.01. The first kappa shape index (κ1) is 51.7. The zero-order valence-corrected chi connectivity index (χ0v) is 42.3. The molecule has 3 aromatic rings. The number of fused-ring (bicyclic) bond motifs is 3. The van der Waals surface area contributed by atoms with Gasteiger partial charge < -0.3 is 35.8 Å². The van der Waals surface area contributed by atoms with Crippen LogP contribution in [0, 0.1) is 11.3 Å². The number of imide groups is 2. The van der Waals surface area contributed by atoms with Crippen LogP contribution in [0.3, 0.4) is 0 Å². The van der Waals surface area contributed by atoms with Crippen molar-refractivity contribution in [2.24, 2.45) is 11.3 Å². The van der Waals surface area contributed by atoms with E-state index in [1.807, 2.05) is 56.0 Å². The Morgan fingerprint density at radius 3 is 2.29 bits per heavy atom. The van der Waals surface area contributed by atoms with Crippen molar-refractivity contribution in [3.05, 3.63) is 94.0 Å². The molecule has 17 nitrogen and oxygen atoms in total. The lowest BCUT2D eigenvalue weighted by Crippen LogP contribution is -2.62. The first-order valence-electron chi connectivity index (χ1n) is 25.8. The number of piperidine rings is 1. The summed E-state index contributed by atoms with van der Waals surface area (Å²) >= 11 is 0. The number of hydrogen-bond donors (Lipinski definition) is 5. The smallest absolute Gasteiger partial charge is 0.262 e. The molecule has 8 amide bonds. The molecule has 4 heterocycles. The van der Waals surface area contributed by atoms with Crippen molar-refractivity contribution in [1.82, 2.24) is 36.4 Å². The van der Waals surface area contributed by atoms with E-state index in [1.165, 1.54) is 5.56 Å². The molecule has 0 radical (unpaired) electrons. The van der Waals surface area contributed by atoms with Crippen molar-refractivity contribution in [3.63, 3.8) is 0 Å². The van der Waals surface area contributed by atoms with Crippen LogP contribution in [-0.4, -0.2) is 115 Å². The van der Waals surface area contributed by atoms with Crippen LogP contribution in [0.4, 0.5) is 5.69 Å². The van der Waals surface area contributed by atoms with E-state index < -0.39 is 53.2 Å². The lowest BCUT2D eigenvalue weighted by molar-refractivity contribution is -0.147. The molecule has 2 saturated heterocycles. The minimum atomic E-state index is -1.02. The molecule has 5 aliphatic rings. The van der Waals surface area contributed by atoms with Crippen LogP contribution < -0.4 is 36.2 Å². The van der Waals surface area contributed by atoms with Gasteiger partial charge in [-0.3, -0.25) is 48.6 Å². The van der Waals surface area contributed by atoms with Crippen molar-refractivity contribution in [2.45, 2.75) is 141 Å². The van der Waals surface area contributed by atoms with Crippen molar-refractivity contribution in [1.29, 1.82) is 0 Å². The first-order valence-corrected chi connectivity index (χ1v) is 25.8. The quantitative estimate of drug-likeness (QED) is 0.0824. The predicted octanol–water partition coefficient (Wildman–Crippen LogP) is 4.65. The van der Waals surface area contributed by atoms with Crippen LogP contribution in [0.5, 0.6) is 5.75 Å². The molecule has 0 aromatic heterocycles. The molecule has 8 rings (SSSR count). The van der Waals surface area contributed by atoms with Gasteiger partial charge >= 0.3 is 0 Å². The fourth-order valence-electron chi connectivity index (χ4n) is 10.5. The van der Waals surface area contributed by atoms with E-state index in [9.17, 15) is 38.4 Å². The normalized spacial score (nSPS) is 20.6. The van der Waals surface area contributed by atoms with Crippen LogP contribution in [0.15, 0.2) is 60.7 Å². The van der Waals surface area contributed by atoms with E-state index in [0.717, 1.165) is 85.1 Å². The molecule has 2 fully saturated rings. The van der Waals surface area contributed by atoms with Crippen molar-refractivity contribution >= 4 is 52.9 Å². The van der Waals surface area contributed by atoms with Crippen LogP contribution in [0.1, 0.15) is 141 Å². The zero-order valence-electron chi connectivity index (χ0n) is 42.3. The Kier molecular flexibility index (Phi) is 16.1. The number of ether oxygens (including phenoxy) is 1. The highest BCUT2D eigenvalue weighted by Crippen LogP contribution is 2.35. The Bertz CT molecular complexity index is 2590. The molecule has 1 aliphatic carbocycles. The number of aryl methyl sites for hydroxylation is 1. The van der Waals surface area contributed by atoms with Gasteiger partial charge in [-0.2, -0.15) is 0 Å². The van der Waals surface area contributed by atoms with Gasteiger partial charge in [0.25, 0.3) is 11.8 Å². The number of rotatable bonds is 19. The van der Waals surface area contributed by atoms with Gasteiger partial charge in [0.1, 0.15) is 23.9 Å². The monoisotopic (exact) mass is 987 g/mol. The van der Waals surface area contributed by atoms with Gasteiger partial charge in [0, 0.05) is 44.7 Å². The highest BCUT2D eigenvalue weighted by Gasteiger charge is 2.46. The van der Waals surface area contributed by atoms with E-state index in [1.54, 1.807) is 37.1 Å². The number of nitrogens with one attached hydrogen (secondary N) is 5. The summed E-state index contributed by atoms with van der Waals surface area (Å²) in [7, 11) is 1.70. The molecule has 17 heteroatoms. The van der Waals surface area contributed by atoms with Gasteiger partial charge in [-0.05, 0) is 110 Å². The highest BCUT2D eigenvalue weighted by molar-refractivity contribution is 6.23. The Morgan fingerprint density at radius 1 is 0.806 bits per heavy atom. The second-order valence-corrected chi connectivity index (χ2v) is 21.1. The standard InChI is InChI=1S/C55H70N8O9/c1-33(56-5)48(65)60-47(55(2,3)4)54(71)62-32-36-27-39(21-19-35(36)28-45(62)51(68)58-43-18-14-16-34-15-10-11-17-40(34)43)72-26-13-9-7-6-8-12-25-57-49(66)37-30-61(31-37)38-20-22-41-42(29-38)53(70)63(52(41)69)44-23-24-46(64)59-50(44)67/h10-11,15,17,19-22,27,29,33,37,43-45,47,56H,6-9,12-14,16,18,23-26,28,30-32H2,1-5H3,(H,57,66)(H,58,68)(H,60,65)(H,59,64,67). The number of hydrogen-bond acceptors (Lipinski definition) is 11. The third-order valence-electron chi connectivity index (χ3n) is 15.0. The molecule has 0 saturated carbocycles. The number of nitrogens with zero attached hydrogens (tertiary/aromatic N) is 3. The average molecular weight is 987 g/mol. The number of benzene rings is 3. The summed E-state index contributed by atoms with van der Waals surface area (Å²) in [5.74, 6) is -2.46. The summed E-state index contributed by atoms with van der Waals surface area (Å²) in [5, 5.41) is 14.5. The van der Waals surface area contributed by atoms with Crippen molar-refractivity contribution in [3.8, 4) is 5.75 Å². The molecule has 5 N–H and O–H groups in total. The minimum absolute atomic E-state index is 0.00904. The molecule has 5 unspecified atom stereocenters. The maximum absolute atomic E-state index is 14.7. The van der Waals surface area contributed by atoms with Crippen LogP contribution in [0.25, 0.3) is 0 Å². The zero-order chi connectivity index (χ0) is 51.3. The summed E-state index contributed by atoms with van der Waals surface area (Å²) in [6, 6.07) is 15.8. The second-order valence-electron chi connectivity index (χ2n) is 21.1. The Balaban J connectivity index is 0.764. The lowest BCUT2D eigenvalue weighted by Gasteiger charge is -2.41. The van der Waals surface area contributed by atoms with Gasteiger partial charge in [0.05, 0.1) is 35.7 Å². The molecule has 72 heavy (non-hydrogen) atoms. The lowest BCUT2D eigenvalue weighted by atomic mass is 9.83. The molecular formula is C55H70N8O9. The summed E-state index contributed by atoms with van der Waals surface area (Å²) in [5.41, 5.74) is 4.78. The van der Waals surface area contributed by atoms with Gasteiger partial charge in [-0.25, -0.2) is 0 Å². The largest absolute Gasteiger partial charge is 0.494 e. The Labute approximate surface area is 421 Å². The average Bonchev–Trinajstić information content (AvgIpc) is 3.59. The minimum Gasteiger partial charge on any atom is -0.494 e. The van der Waals surface area contributed by atoms with Gasteiger partial charge in [0.2, 0.25) is 35.4 Å².